The highest BCUT2D eigenvalue weighted by atomic mass is 16.7. The molecule has 0 saturated heterocycles. The van der Waals surface area contributed by atoms with Crippen LogP contribution in [0.3, 0.4) is 0 Å². The van der Waals surface area contributed by atoms with Gasteiger partial charge in [0.05, 0.1) is 7.11 Å². The number of aromatic nitrogens is 1. The van der Waals surface area contributed by atoms with Crippen molar-refractivity contribution in [1.82, 2.24) is 4.98 Å². The number of nitrogens with one attached hydrogen (secondary N) is 2. The van der Waals surface area contributed by atoms with Gasteiger partial charge in [0.2, 0.25) is 5.43 Å². The Kier molecular flexibility index (Phi) is 5.41. The van der Waals surface area contributed by atoms with Gasteiger partial charge in [-0.3, -0.25) is 9.59 Å². The molecule has 1 heterocycles. The number of carbonyl (C=O) groups is 2. The van der Waals surface area contributed by atoms with Crippen molar-refractivity contribution >= 4 is 28.7 Å². The first-order valence-corrected chi connectivity index (χ1v) is 9.03. The Morgan fingerprint density at radius 2 is 1.79 bits per heavy atom. The molecular weight excluding hydrogens is 372 g/mol. The van der Waals surface area contributed by atoms with E-state index in [1.807, 2.05) is 20.8 Å². The minimum absolute atomic E-state index is 0.0113. The van der Waals surface area contributed by atoms with Gasteiger partial charge in [0.25, 0.3) is 5.91 Å². The molecule has 2 N–H and O–H groups in total. The monoisotopic (exact) mass is 394 g/mol. The Hall–Kier alpha value is -3.61. The summed E-state index contributed by atoms with van der Waals surface area (Å²) in [6.45, 7) is 5.96. The van der Waals surface area contributed by atoms with Gasteiger partial charge in [-0.05, 0) is 29.2 Å². The first-order chi connectivity index (χ1) is 13.7. The molecule has 29 heavy (non-hydrogen) atoms. The Balaban J connectivity index is 2.00. The number of aromatic amines is 1. The number of hydrogen-bond donors (Lipinski definition) is 2. The number of benzene rings is 2. The lowest BCUT2D eigenvalue weighted by atomic mass is 9.85. The highest BCUT2D eigenvalue weighted by Crippen LogP contribution is 2.33. The molecule has 0 bridgehead atoms. The number of pyridine rings is 1. The summed E-state index contributed by atoms with van der Waals surface area (Å²) in [6, 6.07) is 11.9. The second-order valence-electron chi connectivity index (χ2n) is 7.54. The van der Waals surface area contributed by atoms with Crippen LogP contribution >= 0.6 is 0 Å². The van der Waals surface area contributed by atoms with Gasteiger partial charge in [-0.15, -0.1) is 0 Å². The van der Waals surface area contributed by atoms with E-state index < -0.39 is 12.1 Å². The minimum atomic E-state index is -0.864. The lowest BCUT2D eigenvalue weighted by Crippen LogP contribution is -2.24. The molecule has 2 aromatic carbocycles. The summed E-state index contributed by atoms with van der Waals surface area (Å²) in [5.41, 5.74) is 1.23. The predicted octanol–water partition coefficient (Wildman–Crippen LogP) is 4.22. The molecule has 1 aromatic heterocycles. The summed E-state index contributed by atoms with van der Waals surface area (Å²) in [5, 5.41) is 3.21. The van der Waals surface area contributed by atoms with Crippen molar-refractivity contribution in [3.8, 4) is 5.75 Å². The van der Waals surface area contributed by atoms with Crippen molar-refractivity contribution in [2.24, 2.45) is 0 Å². The fourth-order valence-electron chi connectivity index (χ4n) is 3.01. The quantitative estimate of drug-likeness (QED) is 0.512. The first-order valence-electron chi connectivity index (χ1n) is 9.03. The van der Waals surface area contributed by atoms with Crippen molar-refractivity contribution in [2.45, 2.75) is 26.2 Å². The number of amides is 1. The van der Waals surface area contributed by atoms with E-state index in [2.05, 4.69) is 15.0 Å². The zero-order chi connectivity index (χ0) is 21.2. The molecule has 0 aliphatic rings. The summed E-state index contributed by atoms with van der Waals surface area (Å²) in [6.07, 6.45) is 0.530. The van der Waals surface area contributed by atoms with Gasteiger partial charge in [0.1, 0.15) is 11.3 Å². The number of para-hydroxylation sites is 1. The molecule has 3 aromatic rings. The van der Waals surface area contributed by atoms with Gasteiger partial charge >= 0.3 is 6.16 Å². The van der Waals surface area contributed by atoms with Crippen LogP contribution in [-0.4, -0.2) is 24.2 Å². The third-order valence-corrected chi connectivity index (χ3v) is 4.45. The van der Waals surface area contributed by atoms with Gasteiger partial charge in [-0.1, -0.05) is 39.0 Å². The fraction of sp³-hybridized carbons (Fsp3) is 0.227. The van der Waals surface area contributed by atoms with E-state index in [9.17, 15) is 14.4 Å². The first kappa shape index (κ1) is 20.1. The molecule has 0 aliphatic heterocycles. The van der Waals surface area contributed by atoms with Crippen LogP contribution in [0.25, 0.3) is 10.9 Å². The van der Waals surface area contributed by atoms with E-state index >= 15 is 0 Å². The van der Waals surface area contributed by atoms with Crippen LogP contribution in [0.4, 0.5) is 10.5 Å². The normalized spacial score (nSPS) is 11.2. The molecule has 0 saturated carbocycles. The number of fused-ring (bicyclic) bond motifs is 1. The van der Waals surface area contributed by atoms with Crippen LogP contribution < -0.4 is 15.5 Å². The molecule has 0 aliphatic carbocycles. The summed E-state index contributed by atoms with van der Waals surface area (Å²) in [4.78, 5) is 40.0. The number of ether oxygens (including phenoxy) is 2. The lowest BCUT2D eigenvalue weighted by molar-refractivity contribution is 0.102. The molecule has 1 amide bonds. The summed E-state index contributed by atoms with van der Waals surface area (Å²) in [5.74, 6) is -0.342. The van der Waals surface area contributed by atoms with Gasteiger partial charge in [-0.25, -0.2) is 4.79 Å². The van der Waals surface area contributed by atoms with Crippen LogP contribution in [-0.2, 0) is 10.2 Å². The van der Waals surface area contributed by atoms with E-state index in [0.29, 0.717) is 16.6 Å². The molecule has 0 radical (unpaired) electrons. The highest BCUT2D eigenvalue weighted by Gasteiger charge is 2.22. The summed E-state index contributed by atoms with van der Waals surface area (Å²) < 4.78 is 9.56. The summed E-state index contributed by atoms with van der Waals surface area (Å²) >= 11 is 0. The van der Waals surface area contributed by atoms with E-state index in [4.69, 9.17) is 4.74 Å². The van der Waals surface area contributed by atoms with Crippen molar-refractivity contribution < 1.29 is 19.1 Å². The van der Waals surface area contributed by atoms with Gasteiger partial charge in [-0.2, -0.15) is 0 Å². The average molecular weight is 394 g/mol. The van der Waals surface area contributed by atoms with Crippen LogP contribution in [0, 0.1) is 0 Å². The van der Waals surface area contributed by atoms with Crippen molar-refractivity contribution in [2.75, 3.05) is 12.4 Å². The second kappa shape index (κ2) is 7.79. The Bertz CT molecular complexity index is 1140. The third kappa shape index (κ3) is 4.29. The fourth-order valence-corrected chi connectivity index (χ4v) is 3.01. The average Bonchev–Trinajstić information content (AvgIpc) is 2.67. The standard InChI is InChI=1S/C22H22N2O5/c1-22(2,3)16-10-9-13(29-21(27)28-4)11-18(16)24-20(26)15-12-23-17-8-6-5-7-14(17)19(15)25/h5-12H,1-4H3,(H,23,25)(H,24,26). The van der Waals surface area contributed by atoms with Gasteiger partial charge in [0.15, 0.2) is 0 Å². The predicted molar refractivity (Wildman–Crippen MR) is 111 cm³/mol. The molecule has 0 atom stereocenters. The molecule has 7 nitrogen and oxygen atoms in total. The van der Waals surface area contributed by atoms with Crippen LogP contribution in [0.15, 0.2) is 53.5 Å². The van der Waals surface area contributed by atoms with Crippen LogP contribution in [0.1, 0.15) is 36.7 Å². The molecule has 3 rings (SSSR count). The maximum Gasteiger partial charge on any atom is 0.513 e. The Labute approximate surface area is 167 Å². The summed E-state index contributed by atoms with van der Waals surface area (Å²) in [7, 11) is 1.21. The zero-order valence-electron chi connectivity index (χ0n) is 16.7. The van der Waals surface area contributed by atoms with Crippen LogP contribution in [0.2, 0.25) is 0 Å². The number of H-pyrrole nitrogens is 1. The van der Waals surface area contributed by atoms with Gasteiger partial charge < -0.3 is 19.8 Å². The van der Waals surface area contributed by atoms with Gasteiger partial charge in [0, 0.05) is 28.9 Å². The highest BCUT2D eigenvalue weighted by molar-refractivity contribution is 6.06. The zero-order valence-corrected chi connectivity index (χ0v) is 16.7. The largest absolute Gasteiger partial charge is 0.513 e. The maximum atomic E-state index is 12.9. The number of hydrogen-bond acceptors (Lipinski definition) is 5. The maximum absolute atomic E-state index is 12.9. The van der Waals surface area contributed by atoms with Crippen molar-refractivity contribution in [3.05, 3.63) is 70.0 Å². The molecule has 0 spiro atoms. The Morgan fingerprint density at radius 1 is 1.07 bits per heavy atom. The van der Waals surface area contributed by atoms with E-state index in [1.54, 1.807) is 36.4 Å². The van der Waals surface area contributed by atoms with Crippen LogP contribution in [0.5, 0.6) is 5.75 Å². The SMILES string of the molecule is COC(=O)Oc1ccc(C(C)(C)C)c(NC(=O)c2c[nH]c3ccccc3c2=O)c1. The molecule has 7 heteroatoms. The second-order valence-corrected chi connectivity index (χ2v) is 7.54. The Morgan fingerprint density at radius 3 is 2.48 bits per heavy atom. The molecular formula is C22H22N2O5. The van der Waals surface area contributed by atoms with E-state index in [-0.39, 0.29) is 22.2 Å². The number of rotatable bonds is 3. The number of carbonyl (C=O) groups excluding carboxylic acids is 2. The smallest absolute Gasteiger partial charge is 0.437 e. The van der Waals surface area contributed by atoms with Crippen molar-refractivity contribution in [1.29, 1.82) is 0 Å². The third-order valence-electron chi connectivity index (χ3n) is 4.45. The lowest BCUT2D eigenvalue weighted by Gasteiger charge is -2.23. The molecule has 0 unspecified atom stereocenters. The topological polar surface area (TPSA) is 97.5 Å². The number of methoxy groups -OCH3 is 1. The minimum Gasteiger partial charge on any atom is -0.437 e. The molecule has 150 valence electrons. The van der Waals surface area contributed by atoms with E-state index in [1.165, 1.54) is 19.4 Å². The van der Waals surface area contributed by atoms with E-state index in [0.717, 1.165) is 5.56 Å². The van der Waals surface area contributed by atoms with Crippen molar-refractivity contribution in [3.63, 3.8) is 0 Å². The number of anilines is 1. The molecule has 0 fully saturated rings.